The first-order valence-electron chi connectivity index (χ1n) is 5.40. The minimum Gasteiger partial charge on any atom is -0.388 e. The largest absolute Gasteiger partial charge is 0.388 e. The maximum atomic E-state index is 9.97. The quantitative estimate of drug-likeness (QED) is 0.800. The molecular weight excluding hydrogens is 186 g/mol. The fourth-order valence-corrected chi connectivity index (χ4v) is 1.41. The van der Waals surface area contributed by atoms with Crippen LogP contribution in [0.3, 0.4) is 0 Å². The molecule has 0 bridgehead atoms. The molecule has 0 saturated carbocycles. The van der Waals surface area contributed by atoms with Crippen LogP contribution in [0.25, 0.3) is 0 Å². The zero-order valence-electron chi connectivity index (χ0n) is 9.77. The number of benzene rings is 1. The average molecular weight is 207 g/mol. The first-order valence-corrected chi connectivity index (χ1v) is 5.40. The maximum absolute atomic E-state index is 9.97. The van der Waals surface area contributed by atoms with Crippen molar-refractivity contribution >= 4 is 0 Å². The predicted octanol–water partition coefficient (Wildman–Crippen LogP) is 2.48. The smallest absolute Gasteiger partial charge is 0.0805 e. The van der Waals surface area contributed by atoms with E-state index >= 15 is 0 Å². The van der Waals surface area contributed by atoms with E-state index in [9.17, 15) is 5.11 Å². The van der Waals surface area contributed by atoms with Crippen molar-refractivity contribution < 1.29 is 5.11 Å². The van der Waals surface area contributed by atoms with E-state index < -0.39 is 6.10 Å². The number of hydrogen-bond donors (Lipinski definition) is 2. The van der Waals surface area contributed by atoms with Crippen LogP contribution in [0.4, 0.5) is 0 Å². The van der Waals surface area contributed by atoms with Gasteiger partial charge in [-0.05, 0) is 17.4 Å². The van der Waals surface area contributed by atoms with E-state index in [4.69, 9.17) is 5.73 Å². The monoisotopic (exact) mass is 207 g/mol. The Bertz CT molecular complexity index is 289. The summed E-state index contributed by atoms with van der Waals surface area (Å²) in [6.07, 6.45) is 0.147. The summed E-state index contributed by atoms with van der Waals surface area (Å²) in [6.45, 7) is 6.28. The van der Waals surface area contributed by atoms with E-state index in [1.807, 2.05) is 30.3 Å². The van der Waals surface area contributed by atoms with Crippen molar-refractivity contribution in [1.82, 2.24) is 0 Å². The lowest BCUT2D eigenvalue weighted by Gasteiger charge is -2.28. The summed E-state index contributed by atoms with van der Waals surface area (Å²) in [5.41, 5.74) is 7.01. The first kappa shape index (κ1) is 12.2. The first-order chi connectivity index (χ1) is 6.91. The molecule has 0 aliphatic carbocycles. The molecule has 0 aromatic heterocycles. The van der Waals surface area contributed by atoms with Crippen molar-refractivity contribution in [3.63, 3.8) is 0 Å². The van der Waals surface area contributed by atoms with E-state index in [1.165, 1.54) is 0 Å². The van der Waals surface area contributed by atoms with Crippen molar-refractivity contribution in [2.45, 2.75) is 39.3 Å². The molecule has 0 unspecified atom stereocenters. The van der Waals surface area contributed by atoms with E-state index in [0.717, 1.165) is 5.56 Å². The highest BCUT2D eigenvalue weighted by Gasteiger charge is 2.23. The minimum atomic E-state index is -0.458. The minimum absolute atomic E-state index is 0.00714. The van der Waals surface area contributed by atoms with Gasteiger partial charge in [0.2, 0.25) is 0 Å². The molecule has 0 fully saturated rings. The highest BCUT2D eigenvalue weighted by Crippen LogP contribution is 2.26. The van der Waals surface area contributed by atoms with Gasteiger partial charge in [-0.1, -0.05) is 51.1 Å². The van der Waals surface area contributed by atoms with Gasteiger partial charge < -0.3 is 10.8 Å². The van der Waals surface area contributed by atoms with Crippen molar-refractivity contribution in [2.75, 3.05) is 0 Å². The normalized spacial score (nSPS) is 16.1. The third kappa shape index (κ3) is 3.65. The van der Waals surface area contributed by atoms with Gasteiger partial charge in [-0.2, -0.15) is 0 Å². The molecular formula is C13H21NO. The van der Waals surface area contributed by atoms with Gasteiger partial charge in [0, 0.05) is 6.04 Å². The molecule has 3 N–H and O–H groups in total. The zero-order chi connectivity index (χ0) is 11.5. The fraction of sp³-hybridized carbons (Fsp3) is 0.538. The number of rotatable bonds is 3. The molecule has 2 atom stereocenters. The van der Waals surface area contributed by atoms with Crippen LogP contribution in [-0.4, -0.2) is 11.1 Å². The Labute approximate surface area is 92.1 Å². The lowest BCUT2D eigenvalue weighted by atomic mass is 9.83. The van der Waals surface area contributed by atoms with Crippen molar-refractivity contribution in [2.24, 2.45) is 11.1 Å². The molecule has 2 heteroatoms. The van der Waals surface area contributed by atoms with Crippen LogP contribution < -0.4 is 5.73 Å². The second-order valence-electron chi connectivity index (χ2n) is 5.13. The van der Waals surface area contributed by atoms with Crippen LogP contribution in [0.2, 0.25) is 0 Å². The van der Waals surface area contributed by atoms with Crippen LogP contribution in [0.1, 0.15) is 38.9 Å². The highest BCUT2D eigenvalue weighted by atomic mass is 16.3. The molecule has 1 rings (SSSR count). The maximum Gasteiger partial charge on any atom is 0.0805 e. The number of hydrogen-bond acceptors (Lipinski definition) is 2. The molecule has 1 aromatic carbocycles. The second kappa shape index (κ2) is 4.77. The van der Waals surface area contributed by atoms with Gasteiger partial charge >= 0.3 is 0 Å². The highest BCUT2D eigenvalue weighted by molar-refractivity contribution is 5.17. The van der Waals surface area contributed by atoms with Crippen LogP contribution in [0.5, 0.6) is 0 Å². The summed E-state index contributed by atoms with van der Waals surface area (Å²) in [6, 6.07) is 9.68. The van der Waals surface area contributed by atoms with E-state index in [0.29, 0.717) is 6.42 Å². The number of aliphatic hydroxyl groups is 1. The summed E-state index contributed by atoms with van der Waals surface area (Å²) in [4.78, 5) is 0. The Hall–Kier alpha value is -0.860. The number of aliphatic hydroxyl groups excluding tert-OH is 1. The van der Waals surface area contributed by atoms with Gasteiger partial charge in [-0.15, -0.1) is 0 Å². The molecule has 0 radical (unpaired) electrons. The average Bonchev–Trinajstić information content (AvgIpc) is 2.17. The molecule has 0 amide bonds. The summed E-state index contributed by atoms with van der Waals surface area (Å²) < 4.78 is 0. The SMILES string of the molecule is CC(C)(C)[C@@H](N)C[C@H](O)c1ccccc1. The van der Waals surface area contributed by atoms with Crippen LogP contribution in [-0.2, 0) is 0 Å². The van der Waals surface area contributed by atoms with Crippen molar-refractivity contribution in [1.29, 1.82) is 0 Å². The Morgan fingerprint density at radius 1 is 1.20 bits per heavy atom. The van der Waals surface area contributed by atoms with Crippen LogP contribution >= 0.6 is 0 Å². The van der Waals surface area contributed by atoms with Crippen molar-refractivity contribution in [3.8, 4) is 0 Å². The van der Waals surface area contributed by atoms with Crippen LogP contribution in [0, 0.1) is 5.41 Å². The van der Waals surface area contributed by atoms with Crippen LogP contribution in [0.15, 0.2) is 30.3 Å². The summed E-state index contributed by atoms with van der Waals surface area (Å²) >= 11 is 0. The third-order valence-corrected chi connectivity index (χ3v) is 2.77. The van der Waals surface area contributed by atoms with E-state index in [1.54, 1.807) is 0 Å². The summed E-state index contributed by atoms with van der Waals surface area (Å²) in [5.74, 6) is 0. The van der Waals surface area contributed by atoms with Gasteiger partial charge in [0.05, 0.1) is 6.10 Å². The molecule has 0 heterocycles. The zero-order valence-corrected chi connectivity index (χ0v) is 9.77. The molecule has 0 saturated heterocycles. The molecule has 15 heavy (non-hydrogen) atoms. The van der Waals surface area contributed by atoms with Gasteiger partial charge in [-0.3, -0.25) is 0 Å². The third-order valence-electron chi connectivity index (χ3n) is 2.77. The van der Waals surface area contributed by atoms with Gasteiger partial charge in [0.1, 0.15) is 0 Å². The van der Waals surface area contributed by atoms with Crippen molar-refractivity contribution in [3.05, 3.63) is 35.9 Å². The predicted molar refractivity (Wildman–Crippen MR) is 63.4 cm³/mol. The standard InChI is InChI=1S/C13H21NO/c1-13(2,3)12(14)9-11(15)10-7-5-4-6-8-10/h4-8,11-12,15H,9,14H2,1-3H3/t11-,12-/m0/s1. The fourth-order valence-electron chi connectivity index (χ4n) is 1.41. The lowest BCUT2D eigenvalue weighted by molar-refractivity contribution is 0.133. The van der Waals surface area contributed by atoms with E-state index in [2.05, 4.69) is 20.8 Å². The Balaban J connectivity index is 2.61. The molecule has 1 aromatic rings. The topological polar surface area (TPSA) is 46.2 Å². The Morgan fingerprint density at radius 3 is 2.20 bits per heavy atom. The molecule has 2 nitrogen and oxygen atoms in total. The van der Waals surface area contributed by atoms with Gasteiger partial charge in [-0.25, -0.2) is 0 Å². The molecule has 0 spiro atoms. The summed E-state index contributed by atoms with van der Waals surface area (Å²) in [5, 5.41) is 9.97. The molecule has 84 valence electrons. The van der Waals surface area contributed by atoms with Gasteiger partial charge in [0.25, 0.3) is 0 Å². The Morgan fingerprint density at radius 2 is 1.73 bits per heavy atom. The van der Waals surface area contributed by atoms with E-state index in [-0.39, 0.29) is 11.5 Å². The lowest BCUT2D eigenvalue weighted by Crippen LogP contribution is -2.36. The second-order valence-corrected chi connectivity index (χ2v) is 5.13. The van der Waals surface area contributed by atoms with Gasteiger partial charge in [0.15, 0.2) is 0 Å². The summed E-state index contributed by atoms with van der Waals surface area (Å²) in [7, 11) is 0. The molecule has 0 aliphatic rings. The number of nitrogens with two attached hydrogens (primary N) is 1. The Kier molecular flexibility index (Phi) is 3.89. The molecule has 0 aliphatic heterocycles.